The second-order valence-electron chi connectivity index (χ2n) is 8.69. The molecule has 4 N–H and O–H groups in total. The predicted molar refractivity (Wildman–Crippen MR) is 139 cm³/mol. The van der Waals surface area contributed by atoms with Crippen LogP contribution in [0.4, 0.5) is 13.2 Å². The molecule has 212 valence electrons. The third-order valence-electron chi connectivity index (χ3n) is 5.74. The molecule has 0 radical (unpaired) electrons. The molecule has 41 heavy (non-hydrogen) atoms. The zero-order chi connectivity index (χ0) is 29.6. The molecule has 0 bridgehead atoms. The maximum absolute atomic E-state index is 13.1. The molecule has 2 amide bonds. The molecule has 2 aromatic carbocycles. The lowest BCUT2D eigenvalue weighted by molar-refractivity contribution is -0.274. The fourth-order valence-electron chi connectivity index (χ4n) is 3.73. The molecular weight excluding hydrogens is 547 g/mol. The van der Waals surface area contributed by atoms with E-state index >= 15 is 0 Å². The van der Waals surface area contributed by atoms with Gasteiger partial charge in [-0.25, -0.2) is 4.79 Å². The molecule has 0 aliphatic carbocycles. The number of hydrogen-bond donors (Lipinski definition) is 4. The highest BCUT2D eigenvalue weighted by molar-refractivity contribution is 5.95. The van der Waals surface area contributed by atoms with E-state index in [9.17, 15) is 37.1 Å². The van der Waals surface area contributed by atoms with E-state index in [0.717, 1.165) is 22.8 Å². The number of alkyl halides is 3. The first kappa shape index (κ1) is 28.6. The molecule has 2 heterocycles. The van der Waals surface area contributed by atoms with Crippen LogP contribution < -0.4 is 32.2 Å². The van der Waals surface area contributed by atoms with Crippen molar-refractivity contribution in [2.45, 2.75) is 26.0 Å². The minimum atomic E-state index is -5.10. The summed E-state index contributed by atoms with van der Waals surface area (Å²) in [6.45, 7) is -0.524. The van der Waals surface area contributed by atoms with Gasteiger partial charge in [-0.1, -0.05) is 42.5 Å². The van der Waals surface area contributed by atoms with Crippen molar-refractivity contribution >= 4 is 11.8 Å². The topological polar surface area (TPSA) is 155 Å². The Balaban J connectivity index is 1.47. The zero-order valence-electron chi connectivity index (χ0n) is 21.1. The van der Waals surface area contributed by atoms with E-state index in [2.05, 4.69) is 25.3 Å². The van der Waals surface area contributed by atoms with Gasteiger partial charge in [-0.05, 0) is 23.3 Å². The molecule has 0 saturated heterocycles. The van der Waals surface area contributed by atoms with Gasteiger partial charge in [0.25, 0.3) is 17.4 Å². The van der Waals surface area contributed by atoms with Gasteiger partial charge in [-0.3, -0.25) is 23.7 Å². The number of ether oxygens (including phenoxy) is 1. The lowest BCUT2D eigenvalue weighted by Gasteiger charge is -2.15. The first-order valence-corrected chi connectivity index (χ1v) is 12.0. The Labute approximate surface area is 228 Å². The highest BCUT2D eigenvalue weighted by Crippen LogP contribution is 2.28. The van der Waals surface area contributed by atoms with Crippen LogP contribution in [0.15, 0.2) is 87.3 Å². The number of halogens is 3. The first-order chi connectivity index (χ1) is 19.5. The van der Waals surface area contributed by atoms with Gasteiger partial charge in [-0.2, -0.15) is 0 Å². The van der Waals surface area contributed by atoms with Crippen LogP contribution in [-0.2, 0) is 19.6 Å². The van der Waals surface area contributed by atoms with Gasteiger partial charge in [-0.15, -0.1) is 13.2 Å². The highest BCUT2D eigenvalue weighted by atomic mass is 19.4. The standard InChI is InChI=1S/C27H22F3N5O6/c28-27(29,30)41-21-10-18(24(38)32-13-17-6-9-22(36)31-12-17)7-8-19(21)14-33-25(39)20-11-23(37)35(26(40)34-20)15-16-4-2-1-3-5-16/h1-12H,13-15H2,(H,31,36)(H,32,38)(H,33,39)(H,34,40). The number of carbonyl (C=O) groups is 2. The molecular formula is C27H22F3N5O6. The molecule has 0 aliphatic rings. The van der Waals surface area contributed by atoms with Crippen LogP contribution in [0.25, 0.3) is 0 Å². The normalized spacial score (nSPS) is 11.1. The van der Waals surface area contributed by atoms with Crippen molar-refractivity contribution in [3.05, 3.63) is 132 Å². The smallest absolute Gasteiger partial charge is 0.405 e. The van der Waals surface area contributed by atoms with Crippen molar-refractivity contribution in [3.63, 3.8) is 0 Å². The van der Waals surface area contributed by atoms with Gasteiger partial charge < -0.3 is 25.3 Å². The number of nitrogens with one attached hydrogen (secondary N) is 4. The van der Waals surface area contributed by atoms with E-state index in [1.54, 1.807) is 30.3 Å². The number of benzene rings is 2. The maximum Gasteiger partial charge on any atom is 0.573 e. The number of H-pyrrole nitrogens is 2. The van der Waals surface area contributed by atoms with Crippen LogP contribution in [0.1, 0.15) is 37.5 Å². The molecule has 4 aromatic rings. The van der Waals surface area contributed by atoms with Gasteiger partial charge in [0.15, 0.2) is 0 Å². The fourth-order valence-corrected chi connectivity index (χ4v) is 3.73. The molecule has 0 fully saturated rings. The summed E-state index contributed by atoms with van der Waals surface area (Å²) in [4.78, 5) is 65.9. The van der Waals surface area contributed by atoms with Crippen molar-refractivity contribution < 1.29 is 27.5 Å². The molecule has 0 unspecified atom stereocenters. The number of aromatic amines is 2. The molecule has 0 aliphatic heterocycles. The van der Waals surface area contributed by atoms with Crippen molar-refractivity contribution in [1.82, 2.24) is 25.2 Å². The summed E-state index contributed by atoms with van der Waals surface area (Å²) in [5.74, 6) is -2.37. The van der Waals surface area contributed by atoms with E-state index in [1.165, 1.54) is 24.4 Å². The Bertz CT molecular complexity index is 1690. The Morgan fingerprint density at radius 3 is 2.24 bits per heavy atom. The van der Waals surface area contributed by atoms with E-state index in [-0.39, 0.29) is 35.5 Å². The number of pyridine rings is 1. The number of nitrogens with zero attached hydrogens (tertiary/aromatic N) is 1. The number of aromatic nitrogens is 3. The van der Waals surface area contributed by atoms with Crippen molar-refractivity contribution in [2.24, 2.45) is 0 Å². The van der Waals surface area contributed by atoms with Gasteiger partial charge in [0.05, 0.1) is 6.54 Å². The molecule has 4 rings (SSSR count). The number of carbonyl (C=O) groups excluding carboxylic acids is 2. The van der Waals surface area contributed by atoms with Crippen molar-refractivity contribution in [2.75, 3.05) is 0 Å². The van der Waals surface area contributed by atoms with Crippen LogP contribution in [0.5, 0.6) is 5.75 Å². The maximum atomic E-state index is 13.1. The Kier molecular flexibility index (Phi) is 8.51. The summed E-state index contributed by atoms with van der Waals surface area (Å²) in [6.07, 6.45) is -3.72. The van der Waals surface area contributed by atoms with Crippen LogP contribution in [0, 0.1) is 0 Å². The summed E-state index contributed by atoms with van der Waals surface area (Å²) in [5, 5.41) is 4.84. The summed E-state index contributed by atoms with van der Waals surface area (Å²) >= 11 is 0. The third kappa shape index (κ3) is 7.81. The molecule has 0 saturated carbocycles. The van der Waals surface area contributed by atoms with Crippen molar-refractivity contribution in [1.29, 1.82) is 0 Å². The second kappa shape index (κ2) is 12.2. The molecule has 11 nitrogen and oxygen atoms in total. The average Bonchev–Trinajstić information content (AvgIpc) is 2.93. The quantitative estimate of drug-likeness (QED) is 0.242. The minimum absolute atomic E-state index is 0.00872. The molecule has 2 aromatic heterocycles. The van der Waals surface area contributed by atoms with Gasteiger partial charge in [0.2, 0.25) is 5.56 Å². The van der Waals surface area contributed by atoms with Crippen LogP contribution in [0.2, 0.25) is 0 Å². The monoisotopic (exact) mass is 569 g/mol. The largest absolute Gasteiger partial charge is 0.573 e. The van der Waals surface area contributed by atoms with Crippen LogP contribution in [-0.4, -0.2) is 32.7 Å². The van der Waals surface area contributed by atoms with Gasteiger partial charge in [0.1, 0.15) is 11.4 Å². The first-order valence-electron chi connectivity index (χ1n) is 12.0. The van der Waals surface area contributed by atoms with Gasteiger partial charge in [0, 0.05) is 42.5 Å². The van der Waals surface area contributed by atoms with Crippen LogP contribution >= 0.6 is 0 Å². The lowest BCUT2D eigenvalue weighted by atomic mass is 10.1. The summed E-state index contributed by atoms with van der Waals surface area (Å²) in [6, 6.07) is 15.6. The van der Waals surface area contributed by atoms with E-state index in [0.29, 0.717) is 11.1 Å². The zero-order valence-corrected chi connectivity index (χ0v) is 21.1. The number of hydrogen-bond acceptors (Lipinski definition) is 6. The summed E-state index contributed by atoms with van der Waals surface area (Å²) in [5.41, 5.74) is -1.37. The van der Waals surface area contributed by atoms with E-state index < -0.39 is 41.7 Å². The minimum Gasteiger partial charge on any atom is -0.405 e. The van der Waals surface area contributed by atoms with E-state index in [1.807, 2.05) is 0 Å². The predicted octanol–water partition coefficient (Wildman–Crippen LogP) is 2.03. The Morgan fingerprint density at radius 1 is 0.854 bits per heavy atom. The lowest BCUT2D eigenvalue weighted by Crippen LogP contribution is -2.38. The van der Waals surface area contributed by atoms with Crippen molar-refractivity contribution in [3.8, 4) is 5.75 Å². The number of amides is 2. The number of rotatable bonds is 9. The Morgan fingerprint density at radius 2 is 1.59 bits per heavy atom. The molecule has 0 atom stereocenters. The average molecular weight is 569 g/mol. The molecule has 0 spiro atoms. The Hall–Kier alpha value is -5.40. The molecule has 14 heteroatoms. The summed E-state index contributed by atoms with van der Waals surface area (Å²) < 4.78 is 44.2. The van der Waals surface area contributed by atoms with E-state index in [4.69, 9.17) is 0 Å². The van der Waals surface area contributed by atoms with Gasteiger partial charge >= 0.3 is 12.1 Å². The highest BCUT2D eigenvalue weighted by Gasteiger charge is 2.32. The SMILES string of the molecule is O=C(NCc1ccc(=O)[nH]c1)c1ccc(CNC(=O)c2cc(=O)n(Cc3ccccc3)c(=O)[nH]2)c(OC(F)(F)F)c1. The summed E-state index contributed by atoms with van der Waals surface area (Å²) in [7, 11) is 0. The third-order valence-corrected chi connectivity index (χ3v) is 5.74. The van der Waals surface area contributed by atoms with Crippen LogP contribution in [0.3, 0.4) is 0 Å². The second-order valence-corrected chi connectivity index (χ2v) is 8.69. The fraction of sp³-hybridized carbons (Fsp3) is 0.148.